The van der Waals surface area contributed by atoms with E-state index in [4.69, 9.17) is 14.5 Å². The fourth-order valence-corrected chi connectivity index (χ4v) is 3.48. The molecule has 0 radical (unpaired) electrons. The Morgan fingerprint density at radius 3 is 2.55 bits per heavy atom. The summed E-state index contributed by atoms with van der Waals surface area (Å²) < 4.78 is 25.4. The second-order valence-corrected chi connectivity index (χ2v) is 8.60. The normalized spacial score (nSPS) is 16.0. The smallest absolute Gasteiger partial charge is 0.227 e. The molecule has 0 atom stereocenters. The molecule has 3 aromatic heterocycles. The molecule has 0 amide bonds. The summed E-state index contributed by atoms with van der Waals surface area (Å²) in [5.74, 6) is 0.621. The molecular formula is C24H23FN6O2. The van der Waals surface area contributed by atoms with E-state index in [1.165, 1.54) is 12.1 Å². The molecule has 0 unspecified atom stereocenters. The van der Waals surface area contributed by atoms with E-state index in [2.05, 4.69) is 39.1 Å². The van der Waals surface area contributed by atoms with Gasteiger partial charge in [-0.15, -0.1) is 0 Å². The largest absolute Gasteiger partial charge is 0.345 e. The number of hydrogen-bond acceptors (Lipinski definition) is 7. The highest BCUT2D eigenvalue weighted by molar-refractivity contribution is 5.77. The maximum Gasteiger partial charge on any atom is 0.227 e. The summed E-state index contributed by atoms with van der Waals surface area (Å²) in [6.45, 7) is 5.26. The van der Waals surface area contributed by atoms with Crippen molar-refractivity contribution in [3.05, 3.63) is 72.7 Å². The first-order chi connectivity index (χ1) is 16.0. The minimum atomic E-state index is -0.624. The Morgan fingerprint density at radius 1 is 1.03 bits per heavy atom. The van der Waals surface area contributed by atoms with Crippen LogP contribution in [0.25, 0.3) is 22.6 Å². The van der Waals surface area contributed by atoms with Crippen LogP contribution in [0.5, 0.6) is 0 Å². The quantitative estimate of drug-likeness (QED) is 0.451. The highest BCUT2D eigenvalue weighted by Gasteiger charge is 2.32. The summed E-state index contributed by atoms with van der Waals surface area (Å²) in [4.78, 5) is 21.1. The van der Waals surface area contributed by atoms with Crippen molar-refractivity contribution in [3.8, 4) is 22.6 Å². The van der Waals surface area contributed by atoms with Crippen LogP contribution in [0.2, 0.25) is 0 Å². The van der Waals surface area contributed by atoms with Gasteiger partial charge in [-0.05, 0) is 42.5 Å². The summed E-state index contributed by atoms with van der Waals surface area (Å²) >= 11 is 0. The monoisotopic (exact) mass is 446 g/mol. The SMILES string of the molecule is CC1(C)COC(c2nc(-c3ccc(F)cc3)c(-c3ccnc(Nc4cccnc4)n3)[nH]2)OC1. The van der Waals surface area contributed by atoms with Crippen LogP contribution in [0.15, 0.2) is 61.1 Å². The van der Waals surface area contributed by atoms with Gasteiger partial charge < -0.3 is 19.8 Å². The third kappa shape index (κ3) is 4.74. The van der Waals surface area contributed by atoms with Crippen LogP contribution in [0.4, 0.5) is 16.0 Å². The number of aromatic nitrogens is 5. The van der Waals surface area contributed by atoms with Crippen molar-refractivity contribution in [3.63, 3.8) is 0 Å². The predicted octanol–water partition coefficient (Wildman–Crippen LogP) is 4.88. The Labute approximate surface area is 190 Å². The van der Waals surface area contributed by atoms with E-state index < -0.39 is 6.29 Å². The van der Waals surface area contributed by atoms with Gasteiger partial charge in [-0.1, -0.05) is 13.8 Å². The molecule has 1 saturated heterocycles. The number of aromatic amines is 1. The Bertz CT molecular complexity index is 1230. The number of anilines is 2. The number of ether oxygens (including phenoxy) is 2. The lowest BCUT2D eigenvalue weighted by molar-refractivity contribution is -0.229. The van der Waals surface area contributed by atoms with Crippen molar-refractivity contribution >= 4 is 11.6 Å². The van der Waals surface area contributed by atoms with E-state index in [0.29, 0.717) is 42.1 Å². The van der Waals surface area contributed by atoms with Gasteiger partial charge in [0.15, 0.2) is 5.82 Å². The predicted molar refractivity (Wildman–Crippen MR) is 121 cm³/mol. The van der Waals surface area contributed by atoms with Gasteiger partial charge in [-0.25, -0.2) is 19.3 Å². The molecule has 1 aliphatic heterocycles. The Kier molecular flexibility index (Phi) is 5.57. The van der Waals surface area contributed by atoms with Crippen molar-refractivity contribution in [1.29, 1.82) is 0 Å². The Morgan fingerprint density at radius 2 is 1.82 bits per heavy atom. The van der Waals surface area contributed by atoms with Crippen molar-refractivity contribution in [2.24, 2.45) is 5.41 Å². The number of benzene rings is 1. The minimum absolute atomic E-state index is 0.0643. The molecule has 33 heavy (non-hydrogen) atoms. The van der Waals surface area contributed by atoms with Gasteiger partial charge in [0, 0.05) is 23.4 Å². The van der Waals surface area contributed by atoms with Crippen molar-refractivity contribution in [2.75, 3.05) is 18.5 Å². The van der Waals surface area contributed by atoms with Crippen molar-refractivity contribution < 1.29 is 13.9 Å². The highest BCUT2D eigenvalue weighted by Crippen LogP contribution is 2.35. The zero-order chi connectivity index (χ0) is 22.8. The zero-order valence-electron chi connectivity index (χ0n) is 18.2. The third-order valence-corrected chi connectivity index (χ3v) is 5.14. The lowest BCUT2D eigenvalue weighted by Crippen LogP contribution is -2.34. The number of H-pyrrole nitrogens is 1. The second kappa shape index (κ2) is 8.68. The molecule has 8 nitrogen and oxygen atoms in total. The highest BCUT2D eigenvalue weighted by atomic mass is 19.1. The molecule has 4 heterocycles. The summed E-state index contributed by atoms with van der Waals surface area (Å²) in [6.07, 6.45) is 4.42. The van der Waals surface area contributed by atoms with E-state index in [-0.39, 0.29) is 11.2 Å². The average Bonchev–Trinajstić information content (AvgIpc) is 3.26. The lowest BCUT2D eigenvalue weighted by atomic mass is 9.96. The van der Waals surface area contributed by atoms with Crippen molar-refractivity contribution in [1.82, 2.24) is 24.9 Å². The summed E-state index contributed by atoms with van der Waals surface area (Å²) in [5.41, 5.74) is 3.34. The average molecular weight is 446 g/mol. The van der Waals surface area contributed by atoms with E-state index in [9.17, 15) is 4.39 Å². The number of hydrogen-bond donors (Lipinski definition) is 2. The summed E-state index contributed by atoms with van der Waals surface area (Å²) in [6, 6.07) is 11.6. The fraction of sp³-hybridized carbons (Fsp3) is 0.250. The van der Waals surface area contributed by atoms with Gasteiger partial charge in [-0.2, -0.15) is 0 Å². The standard InChI is InChI=1S/C24H23FN6O2/c1-24(2)13-32-22(33-14-24)21-30-19(15-5-7-16(25)8-6-15)20(31-21)18-9-11-27-23(29-18)28-17-4-3-10-26-12-17/h3-12,22H,13-14H2,1-2H3,(H,30,31)(H,27,28,29). The van der Waals surface area contributed by atoms with Crippen LogP contribution in [0.3, 0.4) is 0 Å². The molecule has 9 heteroatoms. The van der Waals surface area contributed by atoms with Crippen LogP contribution in [0, 0.1) is 11.2 Å². The first-order valence-electron chi connectivity index (χ1n) is 10.6. The number of halogens is 1. The molecule has 168 valence electrons. The van der Waals surface area contributed by atoms with Gasteiger partial charge in [0.2, 0.25) is 12.2 Å². The maximum atomic E-state index is 13.6. The molecule has 5 rings (SSSR count). The van der Waals surface area contributed by atoms with E-state index >= 15 is 0 Å². The summed E-state index contributed by atoms with van der Waals surface area (Å²) in [5, 5.41) is 3.14. The number of rotatable bonds is 5. The van der Waals surface area contributed by atoms with E-state index in [0.717, 1.165) is 11.3 Å². The van der Waals surface area contributed by atoms with E-state index in [1.807, 2.05) is 12.1 Å². The van der Waals surface area contributed by atoms with Crippen LogP contribution >= 0.6 is 0 Å². The molecule has 1 aliphatic rings. The zero-order valence-corrected chi connectivity index (χ0v) is 18.2. The van der Waals surface area contributed by atoms with Crippen molar-refractivity contribution in [2.45, 2.75) is 20.1 Å². The number of nitrogens with zero attached hydrogens (tertiary/aromatic N) is 4. The Hall–Kier alpha value is -3.69. The Balaban J connectivity index is 1.52. The van der Waals surface area contributed by atoms with Gasteiger partial charge in [-0.3, -0.25) is 4.98 Å². The topological polar surface area (TPSA) is 97.8 Å². The molecule has 0 aliphatic carbocycles. The fourth-order valence-electron chi connectivity index (χ4n) is 3.48. The second-order valence-electron chi connectivity index (χ2n) is 8.60. The number of pyridine rings is 1. The van der Waals surface area contributed by atoms with Crippen LogP contribution in [-0.4, -0.2) is 38.1 Å². The molecule has 4 aromatic rings. The first-order valence-corrected chi connectivity index (χ1v) is 10.6. The number of nitrogens with one attached hydrogen (secondary N) is 2. The third-order valence-electron chi connectivity index (χ3n) is 5.14. The van der Waals surface area contributed by atoms with Gasteiger partial charge in [0.05, 0.1) is 42.2 Å². The molecule has 0 bridgehead atoms. The van der Waals surface area contributed by atoms with E-state index in [1.54, 1.807) is 36.8 Å². The van der Waals surface area contributed by atoms with Crippen LogP contribution in [0.1, 0.15) is 26.0 Å². The summed E-state index contributed by atoms with van der Waals surface area (Å²) in [7, 11) is 0. The minimum Gasteiger partial charge on any atom is -0.345 e. The molecule has 2 N–H and O–H groups in total. The molecule has 0 spiro atoms. The van der Waals surface area contributed by atoms with Gasteiger partial charge >= 0.3 is 0 Å². The molecule has 1 aromatic carbocycles. The molecule has 1 fully saturated rings. The number of imidazole rings is 1. The molecule has 0 saturated carbocycles. The van der Waals surface area contributed by atoms with Crippen LogP contribution < -0.4 is 5.32 Å². The van der Waals surface area contributed by atoms with Crippen LogP contribution in [-0.2, 0) is 9.47 Å². The maximum absolute atomic E-state index is 13.6. The van der Waals surface area contributed by atoms with Gasteiger partial charge in [0.1, 0.15) is 5.82 Å². The first kappa shape index (κ1) is 21.2. The molecular weight excluding hydrogens is 423 g/mol. The lowest BCUT2D eigenvalue weighted by Gasteiger charge is -2.33. The van der Waals surface area contributed by atoms with Gasteiger partial charge in [0.25, 0.3) is 0 Å².